The first-order chi connectivity index (χ1) is 19.9. The maximum absolute atomic E-state index is 13.7. The zero-order chi connectivity index (χ0) is 30.6. The van der Waals surface area contributed by atoms with Gasteiger partial charge in [0, 0.05) is 30.5 Å². The molecule has 3 aromatic carbocycles. The molecule has 0 saturated carbocycles. The number of anilines is 1. The molecule has 14 heteroatoms. The molecule has 0 spiro atoms. The summed E-state index contributed by atoms with van der Waals surface area (Å²) in [7, 11) is -2.88. The van der Waals surface area contributed by atoms with Crippen LogP contribution < -0.4 is 14.8 Å². The Hall–Kier alpha value is -4.66. The number of carbonyl (C=O) groups excluding carboxylic acids is 1. The summed E-state index contributed by atoms with van der Waals surface area (Å²) in [5.74, 6) is -3.35. The van der Waals surface area contributed by atoms with Crippen molar-refractivity contribution >= 4 is 27.6 Å². The molecule has 11 nitrogen and oxygen atoms in total. The Kier molecular flexibility index (Phi) is 8.99. The van der Waals surface area contributed by atoms with Gasteiger partial charge in [0.25, 0.3) is 5.91 Å². The van der Waals surface area contributed by atoms with Crippen LogP contribution in [-0.4, -0.2) is 55.4 Å². The van der Waals surface area contributed by atoms with E-state index in [2.05, 4.69) is 15.1 Å². The second-order valence-electron chi connectivity index (χ2n) is 9.04. The molecule has 0 fully saturated rings. The molecule has 42 heavy (non-hydrogen) atoms. The van der Waals surface area contributed by atoms with Gasteiger partial charge in [0.15, 0.2) is 5.69 Å². The summed E-state index contributed by atoms with van der Waals surface area (Å²) in [5.41, 5.74) is 0.448. The summed E-state index contributed by atoms with van der Waals surface area (Å²) in [6, 6.07) is 12.6. The molecule has 1 amide bonds. The topological polar surface area (TPSA) is 149 Å². The van der Waals surface area contributed by atoms with Gasteiger partial charge in [-0.1, -0.05) is 0 Å². The Bertz CT molecular complexity index is 1760. The lowest BCUT2D eigenvalue weighted by atomic mass is 10.1. The third-order valence-electron chi connectivity index (χ3n) is 6.06. The molecule has 0 aliphatic rings. The Balaban J connectivity index is 1.78. The van der Waals surface area contributed by atoms with Crippen molar-refractivity contribution in [2.45, 2.75) is 18.7 Å². The van der Waals surface area contributed by atoms with Gasteiger partial charge < -0.3 is 19.9 Å². The molecule has 1 heterocycles. The largest absolute Gasteiger partial charge is 0.476 e. The lowest BCUT2D eigenvalue weighted by molar-refractivity contribution is 0.0689. The average molecular weight is 601 g/mol. The highest BCUT2D eigenvalue weighted by Crippen LogP contribution is 2.35. The summed E-state index contributed by atoms with van der Waals surface area (Å²) < 4.78 is 68.3. The van der Waals surface area contributed by atoms with Crippen LogP contribution in [0.15, 0.2) is 65.6 Å². The third-order valence-corrected chi connectivity index (χ3v) is 7.54. The minimum Gasteiger partial charge on any atom is -0.476 e. The maximum atomic E-state index is 13.7. The van der Waals surface area contributed by atoms with Crippen molar-refractivity contribution in [1.29, 1.82) is 0 Å². The monoisotopic (exact) mass is 600 g/mol. The molecule has 220 valence electrons. The van der Waals surface area contributed by atoms with E-state index < -0.39 is 38.4 Å². The minimum absolute atomic E-state index is 0.0637. The highest BCUT2D eigenvalue weighted by atomic mass is 32.2. The van der Waals surface area contributed by atoms with Crippen molar-refractivity contribution in [3.05, 3.63) is 94.7 Å². The third kappa shape index (κ3) is 6.62. The van der Waals surface area contributed by atoms with Crippen molar-refractivity contribution in [2.24, 2.45) is 0 Å². The van der Waals surface area contributed by atoms with E-state index in [0.29, 0.717) is 0 Å². The summed E-state index contributed by atoms with van der Waals surface area (Å²) in [4.78, 5) is 24.3. The first kappa shape index (κ1) is 30.3. The van der Waals surface area contributed by atoms with Crippen LogP contribution in [0.1, 0.15) is 32.0 Å². The van der Waals surface area contributed by atoms with E-state index in [9.17, 15) is 31.9 Å². The number of aromatic nitrogens is 2. The van der Waals surface area contributed by atoms with Gasteiger partial charge in [0.05, 0.1) is 12.3 Å². The van der Waals surface area contributed by atoms with Gasteiger partial charge in [-0.2, -0.15) is 9.78 Å². The summed E-state index contributed by atoms with van der Waals surface area (Å²) in [5, 5.41) is 16.3. The van der Waals surface area contributed by atoms with E-state index in [1.807, 2.05) is 0 Å². The van der Waals surface area contributed by atoms with Crippen molar-refractivity contribution in [3.63, 3.8) is 0 Å². The normalized spacial score (nSPS) is 11.4. The number of nitrogens with zero attached hydrogens (tertiary/aromatic N) is 2. The van der Waals surface area contributed by atoms with Crippen LogP contribution in [0.5, 0.6) is 11.6 Å². The average Bonchev–Trinajstić information content (AvgIpc) is 3.27. The molecule has 0 atom stereocenters. The van der Waals surface area contributed by atoms with Crippen molar-refractivity contribution < 1.29 is 41.4 Å². The highest BCUT2D eigenvalue weighted by Gasteiger charge is 2.26. The second kappa shape index (κ2) is 12.5. The number of methoxy groups -OCH3 is 1. The summed E-state index contributed by atoms with van der Waals surface area (Å²) in [6.45, 7) is 2.91. The lowest BCUT2D eigenvalue weighted by Gasteiger charge is -2.16. The molecule has 0 aliphatic carbocycles. The van der Waals surface area contributed by atoms with Crippen LogP contribution in [-0.2, 0) is 14.8 Å². The highest BCUT2D eigenvalue weighted by molar-refractivity contribution is 7.89. The predicted molar refractivity (Wildman–Crippen MR) is 148 cm³/mol. The van der Waals surface area contributed by atoms with Gasteiger partial charge in [-0.25, -0.2) is 26.7 Å². The number of aromatic carboxylic acids is 1. The van der Waals surface area contributed by atoms with Crippen LogP contribution in [0.25, 0.3) is 5.69 Å². The molecule has 0 saturated heterocycles. The van der Waals surface area contributed by atoms with E-state index in [-0.39, 0.29) is 58.5 Å². The number of carboxylic acid groups (broad SMARTS) is 1. The number of hydrogen-bond acceptors (Lipinski definition) is 7. The number of amides is 1. The van der Waals surface area contributed by atoms with Gasteiger partial charge in [0.2, 0.25) is 15.9 Å². The molecule has 0 aliphatic heterocycles. The first-order valence-corrected chi connectivity index (χ1v) is 13.9. The fourth-order valence-electron chi connectivity index (χ4n) is 3.89. The van der Waals surface area contributed by atoms with E-state index >= 15 is 0 Å². The van der Waals surface area contributed by atoms with E-state index in [1.165, 1.54) is 57.4 Å². The molecule has 4 aromatic rings. The molecular formula is C28H26F2N4O7S. The number of benzene rings is 3. The number of ether oxygens (including phenoxy) is 2. The van der Waals surface area contributed by atoms with Gasteiger partial charge in [-0.15, -0.1) is 0 Å². The number of hydrogen-bond donors (Lipinski definition) is 3. The summed E-state index contributed by atoms with van der Waals surface area (Å²) in [6.07, 6.45) is 0. The van der Waals surface area contributed by atoms with Crippen molar-refractivity contribution in [3.8, 4) is 17.3 Å². The van der Waals surface area contributed by atoms with Crippen LogP contribution in [0.2, 0.25) is 0 Å². The van der Waals surface area contributed by atoms with Crippen molar-refractivity contribution in [1.82, 2.24) is 14.5 Å². The molecule has 0 bridgehead atoms. The number of rotatable bonds is 11. The first-order valence-electron chi connectivity index (χ1n) is 12.4. The van der Waals surface area contributed by atoms with Gasteiger partial charge in [-0.3, -0.25) is 4.79 Å². The Morgan fingerprint density at radius 3 is 2.38 bits per heavy atom. The summed E-state index contributed by atoms with van der Waals surface area (Å²) >= 11 is 0. The number of halogens is 2. The van der Waals surface area contributed by atoms with Crippen LogP contribution in [0.4, 0.5) is 14.5 Å². The van der Waals surface area contributed by atoms with Crippen LogP contribution in [0, 0.1) is 25.5 Å². The SMILES string of the molecule is COCCNS(=O)(=O)c1cc(NC(=O)c2ccc(F)c(C)c2)ccc1Oc1c(C)c(C(=O)O)nn1-c1ccc(F)cc1. The molecule has 0 unspecified atom stereocenters. The lowest BCUT2D eigenvalue weighted by Crippen LogP contribution is -2.27. The number of aryl methyl sites for hydroxylation is 1. The second-order valence-corrected chi connectivity index (χ2v) is 10.8. The number of nitrogens with one attached hydrogen (secondary N) is 2. The van der Waals surface area contributed by atoms with Gasteiger partial charge >= 0.3 is 5.97 Å². The fraction of sp³-hybridized carbons (Fsp3) is 0.179. The number of sulfonamides is 1. The molecule has 0 radical (unpaired) electrons. The van der Waals surface area contributed by atoms with Crippen LogP contribution >= 0.6 is 0 Å². The molecule has 3 N–H and O–H groups in total. The fourth-order valence-corrected chi connectivity index (χ4v) is 5.05. The van der Waals surface area contributed by atoms with E-state index in [0.717, 1.165) is 28.9 Å². The Morgan fingerprint density at radius 2 is 1.74 bits per heavy atom. The minimum atomic E-state index is -4.28. The maximum Gasteiger partial charge on any atom is 0.356 e. The number of carboxylic acids is 1. The smallest absolute Gasteiger partial charge is 0.356 e. The van der Waals surface area contributed by atoms with Gasteiger partial charge in [0.1, 0.15) is 22.3 Å². The zero-order valence-electron chi connectivity index (χ0n) is 22.6. The quantitative estimate of drug-likeness (QED) is 0.214. The predicted octanol–water partition coefficient (Wildman–Crippen LogP) is 4.43. The zero-order valence-corrected chi connectivity index (χ0v) is 23.5. The molecule has 1 aromatic heterocycles. The standard InChI is InChI=1S/C28H26F2N4O7S/c1-16-14-18(4-10-22(16)30)26(35)32-20-7-11-23(24(15-20)42(38,39)31-12-13-40-3)41-27-17(2)25(28(36)37)33-34(27)21-8-5-19(29)6-9-21/h4-11,14-15,31H,12-13H2,1-3H3,(H,32,35)(H,36,37). The number of carbonyl (C=O) groups is 2. The van der Waals surface area contributed by atoms with E-state index in [4.69, 9.17) is 9.47 Å². The van der Waals surface area contributed by atoms with E-state index in [1.54, 1.807) is 0 Å². The Labute approximate surface area is 239 Å². The Morgan fingerprint density at radius 1 is 1.02 bits per heavy atom. The molecular weight excluding hydrogens is 574 g/mol. The van der Waals surface area contributed by atoms with Gasteiger partial charge in [-0.05, 0) is 80.1 Å². The van der Waals surface area contributed by atoms with Crippen LogP contribution in [0.3, 0.4) is 0 Å². The van der Waals surface area contributed by atoms with Crippen molar-refractivity contribution in [2.75, 3.05) is 25.6 Å². The molecule has 4 rings (SSSR count).